The number of sulfonamides is 1. The summed E-state index contributed by atoms with van der Waals surface area (Å²) in [6, 6.07) is 4.42. The first-order chi connectivity index (χ1) is 15.4. The van der Waals surface area contributed by atoms with Crippen LogP contribution in [-0.4, -0.2) is 55.1 Å². The number of alkyl halides is 3. The van der Waals surface area contributed by atoms with Gasteiger partial charge in [-0.2, -0.15) is 13.2 Å². The summed E-state index contributed by atoms with van der Waals surface area (Å²) in [4.78, 5) is 20.9. The van der Waals surface area contributed by atoms with Crippen LogP contribution in [-0.2, 0) is 26.5 Å². The summed E-state index contributed by atoms with van der Waals surface area (Å²) in [6.45, 7) is 0.0454. The van der Waals surface area contributed by atoms with Gasteiger partial charge in [-0.3, -0.25) is 4.79 Å². The molecular weight excluding hydrogens is 507 g/mol. The van der Waals surface area contributed by atoms with Crippen molar-refractivity contribution in [1.82, 2.24) is 9.29 Å². The number of carbonyl (C=O) groups excluding carboxylic acids is 1. The number of hydrogen-bond acceptors (Lipinski definition) is 8. The van der Waals surface area contributed by atoms with Crippen molar-refractivity contribution >= 4 is 50.6 Å². The van der Waals surface area contributed by atoms with Crippen LogP contribution in [0, 0.1) is 0 Å². The number of hydrogen-bond donors (Lipinski definition) is 2. The number of amides is 1. The highest BCUT2D eigenvalue weighted by molar-refractivity contribution is 7.90. The standard InChI is InChI=1S/C18H17ClF3N5O4S2/c1-27-16(23)26-17(5-6-31-8-12(17)33(27,29)30)14-9(19)7-10(32-14)15(28)25-13-4-2-3-11(24-13)18(20,21)22/h2-4,7,12H,5-6,8H2,1H3,(H2,23,26)(H,24,25,28). The molecule has 2 aliphatic heterocycles. The zero-order valence-electron chi connectivity index (χ0n) is 16.9. The second kappa shape index (κ2) is 8.11. The minimum atomic E-state index is -4.67. The van der Waals surface area contributed by atoms with Crippen LogP contribution >= 0.6 is 22.9 Å². The van der Waals surface area contributed by atoms with Gasteiger partial charge in [0.15, 0.2) is 0 Å². The highest BCUT2D eigenvalue weighted by Crippen LogP contribution is 2.48. The molecule has 0 radical (unpaired) electrons. The zero-order chi connectivity index (χ0) is 24.2. The first-order valence-electron chi connectivity index (χ1n) is 9.42. The largest absolute Gasteiger partial charge is 0.433 e. The fourth-order valence-electron chi connectivity index (χ4n) is 3.70. The van der Waals surface area contributed by atoms with Gasteiger partial charge in [0.05, 0.1) is 21.4 Å². The van der Waals surface area contributed by atoms with E-state index in [9.17, 15) is 26.4 Å². The molecule has 15 heteroatoms. The molecule has 2 aromatic heterocycles. The van der Waals surface area contributed by atoms with Crippen LogP contribution in [0.3, 0.4) is 0 Å². The van der Waals surface area contributed by atoms with Crippen molar-refractivity contribution in [2.45, 2.75) is 23.4 Å². The summed E-state index contributed by atoms with van der Waals surface area (Å²) in [5.74, 6) is -1.28. The van der Waals surface area contributed by atoms with Gasteiger partial charge in [0, 0.05) is 20.1 Å². The summed E-state index contributed by atoms with van der Waals surface area (Å²) >= 11 is 7.30. The van der Waals surface area contributed by atoms with Crippen molar-refractivity contribution in [1.29, 1.82) is 0 Å². The number of nitrogens with one attached hydrogen (secondary N) is 1. The maximum absolute atomic E-state index is 13.0. The molecule has 4 heterocycles. The van der Waals surface area contributed by atoms with E-state index < -0.39 is 38.6 Å². The van der Waals surface area contributed by atoms with Crippen molar-refractivity contribution in [3.63, 3.8) is 0 Å². The molecule has 0 aliphatic carbocycles. The molecule has 0 aromatic carbocycles. The molecule has 9 nitrogen and oxygen atoms in total. The Morgan fingerprint density at radius 3 is 2.85 bits per heavy atom. The van der Waals surface area contributed by atoms with Crippen LogP contribution < -0.4 is 11.1 Å². The number of guanidine groups is 1. The lowest BCUT2D eigenvalue weighted by Gasteiger charge is -2.45. The second-order valence-corrected chi connectivity index (χ2v) is 11.0. The lowest BCUT2D eigenvalue weighted by molar-refractivity contribution is -0.141. The number of pyridine rings is 1. The maximum atomic E-state index is 13.0. The number of nitrogens with two attached hydrogens (primary N) is 1. The van der Waals surface area contributed by atoms with E-state index >= 15 is 0 Å². The van der Waals surface area contributed by atoms with Crippen LogP contribution in [0.5, 0.6) is 0 Å². The Bertz CT molecular complexity index is 1250. The van der Waals surface area contributed by atoms with Gasteiger partial charge in [-0.25, -0.2) is 22.7 Å². The molecule has 3 N–H and O–H groups in total. The van der Waals surface area contributed by atoms with Gasteiger partial charge in [-0.15, -0.1) is 11.3 Å². The number of thiophene rings is 1. The number of nitrogens with zero attached hydrogens (tertiary/aromatic N) is 3. The molecule has 2 aliphatic rings. The normalized spacial score (nSPS) is 24.7. The van der Waals surface area contributed by atoms with Crippen LogP contribution in [0.1, 0.15) is 26.7 Å². The van der Waals surface area contributed by atoms with Crippen molar-refractivity contribution in [3.8, 4) is 0 Å². The van der Waals surface area contributed by atoms with Crippen molar-refractivity contribution in [2.24, 2.45) is 10.7 Å². The fourth-order valence-corrected chi connectivity index (χ4v) is 7.12. The SMILES string of the molecule is CN1C(N)=NC2(c3sc(C(=O)Nc4cccc(C(F)(F)F)n4)cc3Cl)CCOCC2S1(=O)=O. The lowest BCUT2D eigenvalue weighted by atomic mass is 9.88. The van der Waals surface area contributed by atoms with Gasteiger partial charge in [0.25, 0.3) is 5.91 Å². The number of aromatic nitrogens is 1. The Balaban J connectivity index is 1.71. The van der Waals surface area contributed by atoms with Gasteiger partial charge >= 0.3 is 6.18 Å². The molecule has 2 unspecified atom stereocenters. The van der Waals surface area contributed by atoms with Crippen molar-refractivity contribution < 1.29 is 31.1 Å². The van der Waals surface area contributed by atoms with E-state index in [1.54, 1.807) is 0 Å². The molecule has 33 heavy (non-hydrogen) atoms. The monoisotopic (exact) mass is 523 g/mol. The third kappa shape index (κ3) is 4.05. The van der Waals surface area contributed by atoms with E-state index in [1.165, 1.54) is 19.2 Å². The minimum absolute atomic E-state index is 0.0407. The van der Waals surface area contributed by atoms with Crippen LogP contribution in [0.2, 0.25) is 5.02 Å². The first-order valence-corrected chi connectivity index (χ1v) is 12.1. The average molecular weight is 524 g/mol. The van der Waals surface area contributed by atoms with Crippen LogP contribution in [0.15, 0.2) is 29.3 Å². The van der Waals surface area contributed by atoms with Gasteiger partial charge in [0.2, 0.25) is 16.0 Å². The summed E-state index contributed by atoms with van der Waals surface area (Å²) in [5, 5.41) is 1.28. The third-order valence-electron chi connectivity index (χ3n) is 5.39. The number of ether oxygens (including phenoxy) is 1. The Labute approximate surface area is 195 Å². The van der Waals surface area contributed by atoms with E-state index in [-0.39, 0.29) is 41.3 Å². The van der Waals surface area contributed by atoms with E-state index in [4.69, 9.17) is 22.1 Å². The third-order valence-corrected chi connectivity index (χ3v) is 9.30. The van der Waals surface area contributed by atoms with Gasteiger partial charge in [-0.1, -0.05) is 17.7 Å². The number of fused-ring (bicyclic) bond motifs is 1. The predicted octanol–water partition coefficient (Wildman–Crippen LogP) is 2.64. The highest BCUT2D eigenvalue weighted by atomic mass is 35.5. The highest BCUT2D eigenvalue weighted by Gasteiger charge is 2.56. The zero-order valence-corrected chi connectivity index (χ0v) is 19.3. The lowest BCUT2D eigenvalue weighted by Crippen LogP contribution is -2.60. The summed E-state index contributed by atoms with van der Waals surface area (Å²) in [6.07, 6.45) is -4.52. The molecule has 1 amide bonds. The number of halogens is 4. The van der Waals surface area contributed by atoms with Crippen LogP contribution in [0.4, 0.5) is 19.0 Å². The van der Waals surface area contributed by atoms with E-state index in [0.29, 0.717) is 4.88 Å². The molecule has 178 valence electrons. The molecule has 0 bridgehead atoms. The van der Waals surface area contributed by atoms with Gasteiger partial charge in [-0.05, 0) is 18.2 Å². The summed E-state index contributed by atoms with van der Waals surface area (Å²) in [5.41, 5.74) is 3.37. The number of aliphatic imine (C=N–C) groups is 1. The molecule has 1 saturated heterocycles. The summed E-state index contributed by atoms with van der Waals surface area (Å²) in [7, 11) is -2.65. The predicted molar refractivity (Wildman–Crippen MR) is 116 cm³/mol. The van der Waals surface area contributed by atoms with Crippen LogP contribution in [0.25, 0.3) is 0 Å². The number of anilines is 1. The van der Waals surface area contributed by atoms with E-state index in [1.807, 2.05) is 0 Å². The summed E-state index contributed by atoms with van der Waals surface area (Å²) < 4.78 is 71.0. The number of rotatable bonds is 3. The van der Waals surface area contributed by atoms with Gasteiger partial charge < -0.3 is 15.8 Å². The van der Waals surface area contributed by atoms with Crippen molar-refractivity contribution in [3.05, 3.63) is 44.7 Å². The van der Waals surface area contributed by atoms with E-state index in [0.717, 1.165) is 27.8 Å². The van der Waals surface area contributed by atoms with Gasteiger partial charge in [0.1, 0.15) is 22.3 Å². The minimum Gasteiger partial charge on any atom is -0.380 e. The molecular formula is C18H17ClF3N5O4S2. The second-order valence-electron chi connectivity index (χ2n) is 7.37. The quantitative estimate of drug-likeness (QED) is 0.637. The fraction of sp³-hybridized carbons (Fsp3) is 0.389. The van der Waals surface area contributed by atoms with Crippen molar-refractivity contribution in [2.75, 3.05) is 25.6 Å². The molecule has 0 spiro atoms. The average Bonchev–Trinajstić information content (AvgIpc) is 3.14. The first kappa shape index (κ1) is 23.7. The molecule has 0 saturated carbocycles. The Kier molecular flexibility index (Phi) is 5.83. The topological polar surface area (TPSA) is 127 Å². The number of carbonyl (C=O) groups is 1. The molecule has 2 aromatic rings. The maximum Gasteiger partial charge on any atom is 0.433 e. The Morgan fingerprint density at radius 2 is 2.15 bits per heavy atom. The molecule has 4 rings (SSSR count). The molecule has 1 fully saturated rings. The molecule has 2 atom stereocenters. The smallest absolute Gasteiger partial charge is 0.380 e. The van der Waals surface area contributed by atoms with E-state index in [2.05, 4.69) is 15.3 Å². The Morgan fingerprint density at radius 1 is 1.42 bits per heavy atom. The Hall–Kier alpha value is -2.42.